The first kappa shape index (κ1) is 10.2. The molecule has 82 valence electrons. The largest absolute Gasteiger partial charge is 0.481 e. The zero-order valence-electron chi connectivity index (χ0n) is 8.73. The highest BCUT2D eigenvalue weighted by atomic mass is 16.5. The second kappa shape index (κ2) is 3.69. The van der Waals surface area contributed by atoms with Gasteiger partial charge in [0.25, 0.3) is 0 Å². The molecule has 1 aromatic heterocycles. The molecule has 16 heavy (non-hydrogen) atoms. The molecule has 0 saturated carbocycles. The van der Waals surface area contributed by atoms with Gasteiger partial charge in [0.15, 0.2) is 0 Å². The number of hydrogen-bond acceptors (Lipinski definition) is 4. The molecular weight excluding hydrogens is 206 g/mol. The summed E-state index contributed by atoms with van der Waals surface area (Å²) in [5.41, 5.74) is 12.5. The second-order valence-electron chi connectivity index (χ2n) is 3.32. The van der Waals surface area contributed by atoms with E-state index in [-0.39, 0.29) is 0 Å². The van der Waals surface area contributed by atoms with Crippen LogP contribution in [0.25, 0.3) is 10.9 Å². The van der Waals surface area contributed by atoms with Crippen molar-refractivity contribution in [2.75, 3.05) is 12.8 Å². The van der Waals surface area contributed by atoms with Crippen LogP contribution in [0.4, 0.5) is 5.69 Å². The Kier molecular flexibility index (Phi) is 2.36. The lowest BCUT2D eigenvalue weighted by Crippen LogP contribution is -2.12. The van der Waals surface area contributed by atoms with Gasteiger partial charge < -0.3 is 16.2 Å². The quantitative estimate of drug-likeness (QED) is 0.732. The lowest BCUT2D eigenvalue weighted by molar-refractivity contribution is 0.100. The Balaban J connectivity index is 2.80. The maximum atomic E-state index is 11.2. The van der Waals surface area contributed by atoms with Crippen LogP contribution in [0.5, 0.6) is 5.88 Å². The van der Waals surface area contributed by atoms with Crippen molar-refractivity contribution in [1.29, 1.82) is 0 Å². The van der Waals surface area contributed by atoms with Crippen LogP contribution >= 0.6 is 0 Å². The van der Waals surface area contributed by atoms with Gasteiger partial charge in [-0.05, 0) is 18.2 Å². The van der Waals surface area contributed by atoms with Crippen molar-refractivity contribution in [2.24, 2.45) is 5.73 Å². The highest BCUT2D eigenvalue weighted by Gasteiger charge is 2.10. The molecule has 1 heterocycles. The van der Waals surface area contributed by atoms with E-state index in [1.54, 1.807) is 24.3 Å². The number of ether oxygens (including phenoxy) is 1. The molecule has 2 aromatic rings. The number of fused-ring (bicyclic) bond motifs is 1. The Morgan fingerprint density at radius 3 is 2.69 bits per heavy atom. The van der Waals surface area contributed by atoms with E-state index in [2.05, 4.69) is 4.98 Å². The molecule has 5 heteroatoms. The third-order valence-corrected chi connectivity index (χ3v) is 2.34. The Hall–Kier alpha value is -2.30. The Morgan fingerprint density at radius 1 is 1.31 bits per heavy atom. The molecular formula is C11H11N3O2. The molecule has 0 unspecified atom stereocenters. The molecule has 0 saturated heterocycles. The predicted molar refractivity (Wildman–Crippen MR) is 61.2 cm³/mol. The molecule has 0 aliphatic rings. The maximum Gasteiger partial charge on any atom is 0.249 e. The minimum absolute atomic E-state index is 0.402. The number of nitrogen functional groups attached to an aromatic ring is 1. The highest BCUT2D eigenvalue weighted by Crippen LogP contribution is 2.25. The predicted octanol–water partition coefficient (Wildman–Crippen LogP) is 0.925. The molecule has 0 radical (unpaired) electrons. The van der Waals surface area contributed by atoms with E-state index < -0.39 is 5.91 Å². The number of pyridine rings is 1. The molecule has 0 bridgehead atoms. The number of carbonyl (C=O) groups is 1. The van der Waals surface area contributed by atoms with Crippen molar-refractivity contribution in [3.63, 3.8) is 0 Å². The third kappa shape index (κ3) is 1.52. The van der Waals surface area contributed by atoms with Crippen molar-refractivity contribution in [1.82, 2.24) is 4.98 Å². The minimum atomic E-state index is -0.503. The Morgan fingerprint density at radius 2 is 2.06 bits per heavy atom. The monoisotopic (exact) mass is 217 g/mol. The van der Waals surface area contributed by atoms with Gasteiger partial charge in [0.2, 0.25) is 11.8 Å². The van der Waals surface area contributed by atoms with Crippen LogP contribution in [0, 0.1) is 0 Å². The highest BCUT2D eigenvalue weighted by molar-refractivity contribution is 6.08. The summed E-state index contributed by atoms with van der Waals surface area (Å²) < 4.78 is 4.99. The number of anilines is 1. The molecule has 0 aliphatic carbocycles. The summed E-state index contributed by atoms with van der Waals surface area (Å²) in [6.45, 7) is 0. The fraction of sp³-hybridized carbons (Fsp3) is 0.0909. The summed E-state index contributed by atoms with van der Waals surface area (Å²) in [5, 5.41) is 0.633. The minimum Gasteiger partial charge on any atom is -0.481 e. The number of benzene rings is 1. The summed E-state index contributed by atoms with van der Waals surface area (Å²) in [5.74, 6) is -0.0576. The SMILES string of the molecule is COc1ccc2c(C(N)=O)ccc(N)c2n1. The summed E-state index contributed by atoms with van der Waals surface area (Å²) in [4.78, 5) is 15.4. The van der Waals surface area contributed by atoms with Crippen molar-refractivity contribution < 1.29 is 9.53 Å². The van der Waals surface area contributed by atoms with E-state index in [1.165, 1.54) is 7.11 Å². The number of hydrogen-bond donors (Lipinski definition) is 2. The number of nitrogens with two attached hydrogens (primary N) is 2. The number of primary amides is 1. The number of aromatic nitrogens is 1. The van der Waals surface area contributed by atoms with Crippen LogP contribution in [-0.2, 0) is 0 Å². The van der Waals surface area contributed by atoms with E-state index in [9.17, 15) is 4.79 Å². The lowest BCUT2D eigenvalue weighted by Gasteiger charge is -2.06. The summed E-state index contributed by atoms with van der Waals surface area (Å²) in [6.07, 6.45) is 0. The van der Waals surface area contributed by atoms with Crippen LogP contribution in [0.2, 0.25) is 0 Å². The molecule has 0 aliphatic heterocycles. The average molecular weight is 217 g/mol. The molecule has 4 N–H and O–H groups in total. The number of methoxy groups -OCH3 is 1. The maximum absolute atomic E-state index is 11.2. The van der Waals surface area contributed by atoms with Gasteiger partial charge in [-0.15, -0.1) is 0 Å². The number of carbonyl (C=O) groups excluding carboxylic acids is 1. The van der Waals surface area contributed by atoms with E-state index in [1.807, 2.05) is 0 Å². The molecule has 0 fully saturated rings. The first-order valence-corrected chi connectivity index (χ1v) is 4.66. The third-order valence-electron chi connectivity index (χ3n) is 2.34. The van der Waals surface area contributed by atoms with Crippen LogP contribution in [-0.4, -0.2) is 18.0 Å². The van der Waals surface area contributed by atoms with Crippen LogP contribution in [0.3, 0.4) is 0 Å². The van der Waals surface area contributed by atoms with Gasteiger partial charge in [-0.1, -0.05) is 0 Å². The average Bonchev–Trinajstić information content (AvgIpc) is 2.29. The smallest absolute Gasteiger partial charge is 0.249 e. The zero-order valence-corrected chi connectivity index (χ0v) is 8.73. The first-order chi connectivity index (χ1) is 7.63. The number of amides is 1. The summed E-state index contributed by atoms with van der Waals surface area (Å²) >= 11 is 0. The van der Waals surface area contributed by atoms with Crippen molar-refractivity contribution >= 4 is 22.5 Å². The van der Waals surface area contributed by atoms with E-state index >= 15 is 0 Å². The van der Waals surface area contributed by atoms with E-state index in [0.717, 1.165) is 0 Å². The second-order valence-corrected chi connectivity index (χ2v) is 3.32. The Labute approximate surface area is 92.0 Å². The van der Waals surface area contributed by atoms with Crippen LogP contribution < -0.4 is 16.2 Å². The number of nitrogens with zero attached hydrogens (tertiary/aromatic N) is 1. The summed E-state index contributed by atoms with van der Waals surface area (Å²) in [6, 6.07) is 6.58. The van der Waals surface area contributed by atoms with Crippen molar-refractivity contribution in [3.05, 3.63) is 29.8 Å². The first-order valence-electron chi connectivity index (χ1n) is 4.66. The van der Waals surface area contributed by atoms with Crippen LogP contribution in [0.15, 0.2) is 24.3 Å². The normalized spacial score (nSPS) is 10.3. The Bertz CT molecular complexity index is 566. The van der Waals surface area contributed by atoms with Gasteiger partial charge in [0, 0.05) is 17.0 Å². The van der Waals surface area contributed by atoms with E-state index in [4.69, 9.17) is 16.2 Å². The topological polar surface area (TPSA) is 91.2 Å². The molecule has 5 nitrogen and oxygen atoms in total. The molecule has 0 spiro atoms. The van der Waals surface area contributed by atoms with Gasteiger partial charge in [-0.3, -0.25) is 4.79 Å². The van der Waals surface area contributed by atoms with Crippen molar-refractivity contribution in [2.45, 2.75) is 0 Å². The van der Waals surface area contributed by atoms with Gasteiger partial charge in [-0.25, -0.2) is 4.98 Å². The van der Waals surface area contributed by atoms with Gasteiger partial charge in [0.1, 0.15) is 0 Å². The zero-order chi connectivity index (χ0) is 11.7. The summed E-state index contributed by atoms with van der Waals surface area (Å²) in [7, 11) is 1.52. The molecule has 1 aromatic carbocycles. The van der Waals surface area contributed by atoms with Crippen LogP contribution in [0.1, 0.15) is 10.4 Å². The molecule has 0 atom stereocenters. The molecule has 2 rings (SSSR count). The van der Waals surface area contributed by atoms with Crippen molar-refractivity contribution in [3.8, 4) is 5.88 Å². The number of rotatable bonds is 2. The van der Waals surface area contributed by atoms with Gasteiger partial charge >= 0.3 is 0 Å². The fourth-order valence-electron chi connectivity index (χ4n) is 1.55. The van der Waals surface area contributed by atoms with E-state index in [0.29, 0.717) is 28.0 Å². The lowest BCUT2D eigenvalue weighted by atomic mass is 10.1. The standard InChI is InChI=1S/C11H11N3O2/c1-16-9-5-3-6-7(11(13)15)2-4-8(12)10(6)14-9/h2-5H,12H2,1H3,(H2,13,15). The van der Waals surface area contributed by atoms with Gasteiger partial charge in [0.05, 0.1) is 18.3 Å². The fourth-order valence-corrected chi connectivity index (χ4v) is 1.55. The molecule has 1 amide bonds. The van der Waals surface area contributed by atoms with Gasteiger partial charge in [-0.2, -0.15) is 0 Å².